The summed E-state index contributed by atoms with van der Waals surface area (Å²) in [7, 11) is 0. The van der Waals surface area contributed by atoms with Gasteiger partial charge in [0.25, 0.3) is 5.56 Å². The zero-order valence-electron chi connectivity index (χ0n) is 8.61. The van der Waals surface area contributed by atoms with Gasteiger partial charge >= 0.3 is 0 Å². The average molecular weight is 235 g/mol. The van der Waals surface area contributed by atoms with Crippen LogP contribution in [-0.4, -0.2) is 4.57 Å². The lowest BCUT2D eigenvalue weighted by atomic mass is 10.1. The van der Waals surface area contributed by atoms with Crippen molar-refractivity contribution in [3.05, 3.63) is 52.3 Å². The van der Waals surface area contributed by atoms with Crippen molar-refractivity contribution >= 4 is 28.2 Å². The van der Waals surface area contributed by atoms with E-state index in [-0.39, 0.29) is 12.1 Å². The molecule has 0 aliphatic rings. The van der Waals surface area contributed by atoms with Crippen LogP contribution in [0.25, 0.3) is 10.8 Å². The van der Waals surface area contributed by atoms with Gasteiger partial charge in [-0.25, -0.2) is 0 Å². The maximum absolute atomic E-state index is 12.1. The van der Waals surface area contributed by atoms with Crippen molar-refractivity contribution < 1.29 is 0 Å². The molecule has 0 spiro atoms. The van der Waals surface area contributed by atoms with Crippen molar-refractivity contribution in [2.24, 2.45) is 0 Å². The van der Waals surface area contributed by atoms with Crippen molar-refractivity contribution in [3.8, 4) is 0 Å². The molecule has 0 saturated carbocycles. The molecule has 82 valence electrons. The Bertz CT molecular complexity index is 616. The highest BCUT2D eigenvalue weighted by Crippen LogP contribution is 2.14. The van der Waals surface area contributed by atoms with Gasteiger partial charge in [0, 0.05) is 10.4 Å². The van der Waals surface area contributed by atoms with E-state index in [1.165, 1.54) is 4.57 Å². The van der Waals surface area contributed by atoms with E-state index in [9.17, 15) is 4.79 Å². The molecule has 0 radical (unpaired) electrons. The Hall–Kier alpha value is -1.74. The monoisotopic (exact) mass is 234 g/mol. The third-order valence-electron chi connectivity index (χ3n) is 2.38. The van der Waals surface area contributed by atoms with Gasteiger partial charge in [-0.15, -0.1) is 0 Å². The second kappa shape index (κ2) is 4.02. The molecule has 0 fully saturated rings. The number of anilines is 1. The van der Waals surface area contributed by atoms with E-state index in [1.54, 1.807) is 12.1 Å². The highest BCUT2D eigenvalue weighted by Gasteiger charge is 2.06. The van der Waals surface area contributed by atoms with Crippen molar-refractivity contribution in [3.63, 3.8) is 0 Å². The van der Waals surface area contributed by atoms with Crippen molar-refractivity contribution in [2.75, 3.05) is 5.73 Å². The van der Waals surface area contributed by atoms with Crippen LogP contribution in [0.15, 0.2) is 46.7 Å². The average Bonchev–Trinajstić information content (AvgIpc) is 2.24. The Morgan fingerprint density at radius 1 is 1.44 bits per heavy atom. The van der Waals surface area contributed by atoms with Crippen molar-refractivity contribution in [1.82, 2.24) is 4.57 Å². The second-order valence-electron chi connectivity index (χ2n) is 3.57. The number of nitrogens with two attached hydrogens (primary N) is 1. The maximum atomic E-state index is 12.1. The number of pyridine rings is 1. The predicted molar refractivity (Wildman–Crippen MR) is 67.6 cm³/mol. The number of aromatic nitrogens is 1. The number of nitrogen functional groups attached to an aromatic ring is 1. The molecule has 0 saturated heterocycles. The van der Waals surface area contributed by atoms with Gasteiger partial charge in [-0.2, -0.15) is 0 Å². The number of halogens is 1. The first kappa shape index (κ1) is 10.8. The molecular formula is C12H11ClN2O. The Balaban J connectivity index is 2.76. The lowest BCUT2D eigenvalue weighted by Gasteiger charge is -2.09. The first-order valence-corrected chi connectivity index (χ1v) is 5.18. The lowest BCUT2D eigenvalue weighted by Crippen LogP contribution is -2.23. The third-order valence-corrected chi connectivity index (χ3v) is 2.50. The molecule has 2 N–H and O–H groups in total. The molecular weight excluding hydrogens is 224 g/mol. The molecule has 0 aliphatic heterocycles. The van der Waals surface area contributed by atoms with Gasteiger partial charge in [0.05, 0.1) is 6.54 Å². The number of fused-ring (bicyclic) bond motifs is 1. The second-order valence-corrected chi connectivity index (χ2v) is 4.10. The van der Waals surface area contributed by atoms with Gasteiger partial charge in [-0.1, -0.05) is 36.4 Å². The van der Waals surface area contributed by atoms with Crippen LogP contribution in [0, 0.1) is 0 Å². The number of hydrogen-bond donors (Lipinski definition) is 1. The minimum Gasteiger partial charge on any atom is -0.385 e. The molecule has 0 aliphatic carbocycles. The van der Waals surface area contributed by atoms with Crippen LogP contribution in [0.2, 0.25) is 0 Å². The fourth-order valence-corrected chi connectivity index (χ4v) is 1.77. The maximum Gasteiger partial charge on any atom is 0.260 e. The standard InChI is InChI=1S/C12H11ClN2O/c1-8(13)7-15-11(14)6-9-4-2-3-5-10(9)12(15)16/h2-6H,1,7,14H2. The molecule has 2 aromatic rings. The van der Waals surface area contributed by atoms with Gasteiger partial charge in [-0.3, -0.25) is 9.36 Å². The van der Waals surface area contributed by atoms with Gasteiger partial charge in [-0.05, 0) is 17.5 Å². The Kier molecular flexibility index (Phi) is 2.71. The van der Waals surface area contributed by atoms with E-state index in [1.807, 2.05) is 18.2 Å². The molecule has 0 amide bonds. The molecule has 1 aromatic heterocycles. The number of rotatable bonds is 2. The summed E-state index contributed by atoms with van der Waals surface area (Å²) < 4.78 is 1.41. The van der Waals surface area contributed by atoms with E-state index in [2.05, 4.69) is 6.58 Å². The van der Waals surface area contributed by atoms with Gasteiger partial charge in [0.1, 0.15) is 5.82 Å². The van der Waals surface area contributed by atoms with Gasteiger partial charge < -0.3 is 5.73 Å². The van der Waals surface area contributed by atoms with Crippen molar-refractivity contribution in [1.29, 1.82) is 0 Å². The fourth-order valence-electron chi connectivity index (χ4n) is 1.65. The molecule has 0 bridgehead atoms. The quantitative estimate of drug-likeness (QED) is 0.867. The molecule has 1 aromatic carbocycles. The number of benzene rings is 1. The van der Waals surface area contributed by atoms with E-state index in [0.717, 1.165) is 5.39 Å². The predicted octanol–water partition coefficient (Wildman–Crippen LogP) is 2.34. The summed E-state index contributed by atoms with van der Waals surface area (Å²) in [5.41, 5.74) is 5.66. The summed E-state index contributed by atoms with van der Waals surface area (Å²) in [5, 5.41) is 1.85. The summed E-state index contributed by atoms with van der Waals surface area (Å²) in [6.07, 6.45) is 0. The van der Waals surface area contributed by atoms with Crippen LogP contribution in [0.5, 0.6) is 0 Å². The highest BCUT2D eigenvalue weighted by atomic mass is 35.5. The van der Waals surface area contributed by atoms with Crippen molar-refractivity contribution in [2.45, 2.75) is 6.54 Å². The minimum absolute atomic E-state index is 0.141. The summed E-state index contributed by atoms with van der Waals surface area (Å²) in [6.45, 7) is 3.80. The lowest BCUT2D eigenvalue weighted by molar-refractivity contribution is 0.793. The summed E-state index contributed by atoms with van der Waals surface area (Å²) in [6, 6.07) is 9.07. The van der Waals surface area contributed by atoms with E-state index < -0.39 is 0 Å². The van der Waals surface area contributed by atoms with Crippen LogP contribution < -0.4 is 11.3 Å². The largest absolute Gasteiger partial charge is 0.385 e. The van der Waals surface area contributed by atoms with E-state index >= 15 is 0 Å². The molecule has 16 heavy (non-hydrogen) atoms. The zero-order chi connectivity index (χ0) is 11.7. The van der Waals surface area contributed by atoms with Gasteiger partial charge in [0.15, 0.2) is 0 Å². The molecule has 4 heteroatoms. The van der Waals surface area contributed by atoms with Crippen LogP contribution in [-0.2, 0) is 6.54 Å². The third kappa shape index (κ3) is 1.82. The SMILES string of the molecule is C=C(Cl)Cn1c(N)cc2ccccc2c1=O. The summed E-state index contributed by atoms with van der Waals surface area (Å²) in [4.78, 5) is 12.1. The Morgan fingerprint density at radius 3 is 2.81 bits per heavy atom. The Morgan fingerprint density at radius 2 is 2.12 bits per heavy atom. The number of hydrogen-bond acceptors (Lipinski definition) is 2. The Labute approximate surface area is 97.8 Å². The molecule has 3 nitrogen and oxygen atoms in total. The van der Waals surface area contributed by atoms with E-state index in [4.69, 9.17) is 17.3 Å². The molecule has 1 heterocycles. The summed E-state index contributed by atoms with van der Waals surface area (Å²) in [5.74, 6) is 0.394. The van der Waals surface area contributed by atoms with Gasteiger partial charge in [0.2, 0.25) is 0 Å². The number of nitrogens with zero attached hydrogens (tertiary/aromatic N) is 1. The summed E-state index contributed by atoms with van der Waals surface area (Å²) >= 11 is 5.70. The molecule has 0 unspecified atom stereocenters. The normalized spacial score (nSPS) is 10.6. The van der Waals surface area contributed by atoms with Crippen LogP contribution in [0.4, 0.5) is 5.82 Å². The zero-order valence-corrected chi connectivity index (χ0v) is 9.37. The number of allylic oxidation sites excluding steroid dienone is 1. The van der Waals surface area contributed by atoms with Crippen LogP contribution in [0.1, 0.15) is 0 Å². The van der Waals surface area contributed by atoms with Crippen LogP contribution >= 0.6 is 11.6 Å². The van der Waals surface area contributed by atoms with Crippen LogP contribution in [0.3, 0.4) is 0 Å². The first-order chi connectivity index (χ1) is 7.59. The van der Waals surface area contributed by atoms with E-state index in [0.29, 0.717) is 16.2 Å². The smallest absolute Gasteiger partial charge is 0.260 e. The molecule has 2 rings (SSSR count). The molecule has 0 atom stereocenters. The topological polar surface area (TPSA) is 48.0 Å². The fraction of sp³-hybridized carbons (Fsp3) is 0.0833. The minimum atomic E-state index is -0.141. The highest BCUT2D eigenvalue weighted by molar-refractivity contribution is 6.29. The first-order valence-electron chi connectivity index (χ1n) is 4.81.